The predicted octanol–water partition coefficient (Wildman–Crippen LogP) is 6.17. The van der Waals surface area contributed by atoms with Crippen molar-refractivity contribution in [2.75, 3.05) is 5.32 Å². The fraction of sp³-hybridized carbons (Fsp3) is 0.100. The van der Waals surface area contributed by atoms with Crippen molar-refractivity contribution in [2.45, 2.75) is 13.8 Å². The molecule has 0 spiro atoms. The van der Waals surface area contributed by atoms with E-state index < -0.39 is 0 Å². The lowest BCUT2D eigenvalue weighted by Crippen LogP contribution is -1.91. The van der Waals surface area contributed by atoms with Crippen LogP contribution in [0.5, 0.6) is 0 Å². The molecule has 0 aliphatic rings. The number of rotatable bonds is 4. The Hall–Kier alpha value is -2.42. The van der Waals surface area contributed by atoms with E-state index in [9.17, 15) is 5.26 Å². The van der Waals surface area contributed by atoms with Crippen LogP contribution in [0, 0.1) is 25.2 Å². The van der Waals surface area contributed by atoms with Gasteiger partial charge in [-0.2, -0.15) is 5.26 Å². The van der Waals surface area contributed by atoms with Gasteiger partial charge in [0.1, 0.15) is 16.6 Å². The molecular formula is C20H16BrN3S. The fourth-order valence-electron chi connectivity index (χ4n) is 2.47. The molecule has 0 radical (unpaired) electrons. The maximum Gasteiger partial charge on any atom is 0.136 e. The van der Waals surface area contributed by atoms with Crippen LogP contribution in [0.25, 0.3) is 16.8 Å². The third-order valence-electron chi connectivity index (χ3n) is 3.74. The number of hydrogen-bond acceptors (Lipinski definition) is 4. The van der Waals surface area contributed by atoms with Gasteiger partial charge in [0.25, 0.3) is 0 Å². The Morgan fingerprint density at radius 1 is 1.20 bits per heavy atom. The van der Waals surface area contributed by atoms with Crippen molar-refractivity contribution < 1.29 is 0 Å². The molecule has 124 valence electrons. The smallest absolute Gasteiger partial charge is 0.136 e. The standard InChI is InChI=1S/C20H16BrN3S/c1-13-3-8-18(14(2)9-13)19-12-25-20(24-19)15(10-22)11-23-17-6-4-16(21)5-7-17/h3-9,11-12,23H,1-2H3/b15-11+. The van der Waals surface area contributed by atoms with Gasteiger partial charge in [-0.05, 0) is 43.7 Å². The SMILES string of the molecule is Cc1ccc(-c2csc(/C(C#N)=C/Nc3ccc(Br)cc3)n2)c(C)c1. The molecule has 1 N–H and O–H groups in total. The number of hydrogen-bond donors (Lipinski definition) is 1. The number of benzene rings is 2. The molecule has 0 atom stereocenters. The Bertz CT molecular complexity index is 965. The Kier molecular flexibility index (Phi) is 5.32. The summed E-state index contributed by atoms with van der Waals surface area (Å²) in [6, 6.07) is 16.3. The van der Waals surface area contributed by atoms with Crippen molar-refractivity contribution in [1.29, 1.82) is 5.26 Å². The zero-order chi connectivity index (χ0) is 17.8. The topological polar surface area (TPSA) is 48.7 Å². The predicted molar refractivity (Wildman–Crippen MR) is 108 cm³/mol. The highest BCUT2D eigenvalue weighted by molar-refractivity contribution is 9.10. The molecule has 1 heterocycles. The van der Waals surface area contributed by atoms with Gasteiger partial charge in [-0.1, -0.05) is 39.7 Å². The lowest BCUT2D eigenvalue weighted by atomic mass is 10.0. The van der Waals surface area contributed by atoms with E-state index in [-0.39, 0.29) is 0 Å². The first-order chi connectivity index (χ1) is 12.1. The monoisotopic (exact) mass is 409 g/mol. The minimum atomic E-state index is 0.518. The first-order valence-corrected chi connectivity index (χ1v) is 9.40. The summed E-state index contributed by atoms with van der Waals surface area (Å²) in [6.45, 7) is 4.16. The molecule has 3 aromatic rings. The van der Waals surface area contributed by atoms with E-state index >= 15 is 0 Å². The third kappa shape index (κ3) is 4.16. The Labute approximate surface area is 159 Å². The fourth-order valence-corrected chi connectivity index (χ4v) is 3.52. The molecule has 2 aromatic carbocycles. The molecule has 0 saturated heterocycles. The van der Waals surface area contributed by atoms with E-state index in [2.05, 4.69) is 64.3 Å². The molecule has 0 bridgehead atoms. The molecular weight excluding hydrogens is 394 g/mol. The van der Waals surface area contributed by atoms with Gasteiger partial charge in [0.2, 0.25) is 0 Å². The maximum atomic E-state index is 9.47. The van der Waals surface area contributed by atoms with Crippen LogP contribution in [-0.2, 0) is 0 Å². The molecule has 5 heteroatoms. The third-order valence-corrected chi connectivity index (χ3v) is 5.14. The summed E-state index contributed by atoms with van der Waals surface area (Å²) in [6.07, 6.45) is 1.70. The van der Waals surface area contributed by atoms with Crippen LogP contribution in [0.2, 0.25) is 0 Å². The molecule has 0 amide bonds. The van der Waals surface area contributed by atoms with E-state index in [1.165, 1.54) is 22.5 Å². The van der Waals surface area contributed by atoms with Crippen LogP contribution in [0.3, 0.4) is 0 Å². The lowest BCUT2D eigenvalue weighted by Gasteiger charge is -2.03. The summed E-state index contributed by atoms with van der Waals surface area (Å²) in [5.41, 5.74) is 5.86. The highest BCUT2D eigenvalue weighted by Gasteiger charge is 2.10. The second-order valence-electron chi connectivity index (χ2n) is 5.68. The highest BCUT2D eigenvalue weighted by Crippen LogP contribution is 2.28. The first-order valence-electron chi connectivity index (χ1n) is 7.73. The highest BCUT2D eigenvalue weighted by atomic mass is 79.9. The van der Waals surface area contributed by atoms with Crippen LogP contribution in [0.15, 0.2) is 58.5 Å². The number of anilines is 1. The Morgan fingerprint density at radius 3 is 2.64 bits per heavy atom. The first kappa shape index (κ1) is 17.4. The summed E-state index contributed by atoms with van der Waals surface area (Å²) < 4.78 is 1.01. The van der Waals surface area contributed by atoms with Gasteiger partial charge in [-0.3, -0.25) is 0 Å². The summed E-state index contributed by atoms with van der Waals surface area (Å²) in [4.78, 5) is 4.65. The van der Waals surface area contributed by atoms with Crippen molar-refractivity contribution in [2.24, 2.45) is 0 Å². The van der Waals surface area contributed by atoms with E-state index in [0.717, 1.165) is 21.4 Å². The largest absolute Gasteiger partial charge is 0.360 e. The van der Waals surface area contributed by atoms with Gasteiger partial charge in [-0.25, -0.2) is 4.98 Å². The van der Waals surface area contributed by atoms with Gasteiger partial charge < -0.3 is 5.32 Å². The van der Waals surface area contributed by atoms with Crippen molar-refractivity contribution in [3.05, 3.63) is 74.7 Å². The van der Waals surface area contributed by atoms with Crippen molar-refractivity contribution in [3.63, 3.8) is 0 Å². The maximum absolute atomic E-state index is 9.47. The van der Waals surface area contributed by atoms with Crippen molar-refractivity contribution >= 4 is 38.5 Å². The number of aryl methyl sites for hydroxylation is 2. The number of nitrogens with one attached hydrogen (secondary N) is 1. The van der Waals surface area contributed by atoms with Gasteiger partial charge in [-0.15, -0.1) is 11.3 Å². The van der Waals surface area contributed by atoms with Crippen LogP contribution >= 0.6 is 27.3 Å². The van der Waals surface area contributed by atoms with E-state index in [4.69, 9.17) is 0 Å². The summed E-state index contributed by atoms with van der Waals surface area (Å²) in [5, 5.41) is 15.3. The second-order valence-corrected chi connectivity index (χ2v) is 7.45. The lowest BCUT2D eigenvalue weighted by molar-refractivity contribution is 1.32. The van der Waals surface area contributed by atoms with Crippen LogP contribution in [0.4, 0.5) is 5.69 Å². The zero-order valence-corrected chi connectivity index (χ0v) is 16.3. The molecule has 25 heavy (non-hydrogen) atoms. The number of allylic oxidation sites excluding steroid dienone is 1. The van der Waals surface area contributed by atoms with Gasteiger partial charge in [0.15, 0.2) is 0 Å². The average molecular weight is 410 g/mol. The van der Waals surface area contributed by atoms with E-state index in [0.29, 0.717) is 10.6 Å². The number of nitrogens with zero attached hydrogens (tertiary/aromatic N) is 2. The van der Waals surface area contributed by atoms with E-state index in [1.54, 1.807) is 6.20 Å². The molecule has 3 rings (SSSR count). The second kappa shape index (κ2) is 7.64. The van der Waals surface area contributed by atoms with Crippen LogP contribution in [-0.4, -0.2) is 4.98 Å². The Morgan fingerprint density at radius 2 is 1.96 bits per heavy atom. The molecule has 3 nitrogen and oxygen atoms in total. The van der Waals surface area contributed by atoms with E-state index in [1.807, 2.05) is 29.6 Å². The molecule has 0 aliphatic carbocycles. The summed E-state index contributed by atoms with van der Waals surface area (Å²) in [5.74, 6) is 0. The van der Waals surface area contributed by atoms with Gasteiger partial charge in [0, 0.05) is 27.3 Å². The minimum absolute atomic E-state index is 0.518. The number of halogens is 1. The number of thiazole rings is 1. The molecule has 0 saturated carbocycles. The average Bonchev–Trinajstić information content (AvgIpc) is 3.06. The minimum Gasteiger partial charge on any atom is -0.360 e. The van der Waals surface area contributed by atoms with Crippen LogP contribution < -0.4 is 5.32 Å². The molecule has 1 aromatic heterocycles. The summed E-state index contributed by atoms with van der Waals surface area (Å²) >= 11 is 4.89. The number of nitriles is 1. The normalized spacial score (nSPS) is 11.2. The summed E-state index contributed by atoms with van der Waals surface area (Å²) in [7, 11) is 0. The van der Waals surface area contributed by atoms with Crippen LogP contribution in [0.1, 0.15) is 16.1 Å². The quantitative estimate of drug-likeness (QED) is 0.524. The van der Waals surface area contributed by atoms with Gasteiger partial charge >= 0.3 is 0 Å². The van der Waals surface area contributed by atoms with Gasteiger partial charge in [0.05, 0.1) is 5.69 Å². The van der Waals surface area contributed by atoms with Crippen molar-refractivity contribution in [3.8, 4) is 17.3 Å². The van der Waals surface area contributed by atoms with Crippen molar-refractivity contribution in [1.82, 2.24) is 4.98 Å². The Balaban J connectivity index is 1.85. The molecule has 0 fully saturated rings. The molecule has 0 aliphatic heterocycles. The zero-order valence-electron chi connectivity index (χ0n) is 13.9. The molecule has 0 unspecified atom stereocenters. The number of aromatic nitrogens is 1.